The Hall–Kier alpha value is -1.56. The van der Waals surface area contributed by atoms with Crippen LogP contribution in [0.4, 0.5) is 0 Å². The molecule has 0 aromatic heterocycles. The van der Waals surface area contributed by atoms with Crippen molar-refractivity contribution >= 4 is 27.8 Å². The molecule has 0 bridgehead atoms. The van der Waals surface area contributed by atoms with Gasteiger partial charge in [-0.3, -0.25) is 4.79 Å². The zero-order chi connectivity index (χ0) is 15.1. The van der Waals surface area contributed by atoms with Crippen LogP contribution in [0.3, 0.4) is 0 Å². The molecular weight excluding hydrogens is 326 g/mol. The summed E-state index contributed by atoms with van der Waals surface area (Å²) in [5, 5.41) is 11.9. The topological polar surface area (TPSA) is 75.6 Å². The third kappa shape index (κ3) is 4.52. The molecule has 1 rings (SSSR count). The number of carbonyl (C=O) groups is 2. The van der Waals surface area contributed by atoms with Gasteiger partial charge >= 0.3 is 5.97 Å². The van der Waals surface area contributed by atoms with E-state index in [0.717, 1.165) is 12.8 Å². The van der Waals surface area contributed by atoms with Crippen molar-refractivity contribution in [3.05, 3.63) is 28.2 Å². The number of amides is 1. The van der Waals surface area contributed by atoms with Gasteiger partial charge in [-0.05, 0) is 40.9 Å². The molecule has 0 aliphatic rings. The van der Waals surface area contributed by atoms with E-state index < -0.39 is 5.97 Å². The minimum atomic E-state index is -1.10. The van der Waals surface area contributed by atoms with E-state index in [1.807, 2.05) is 13.8 Å². The maximum Gasteiger partial charge on any atom is 0.339 e. The van der Waals surface area contributed by atoms with Crippen molar-refractivity contribution < 1.29 is 19.4 Å². The molecule has 0 spiro atoms. The summed E-state index contributed by atoms with van der Waals surface area (Å²) in [5.74, 6) is -1.19. The van der Waals surface area contributed by atoms with Gasteiger partial charge in [0.15, 0.2) is 6.61 Å². The zero-order valence-electron chi connectivity index (χ0n) is 11.5. The van der Waals surface area contributed by atoms with Crippen LogP contribution >= 0.6 is 15.9 Å². The van der Waals surface area contributed by atoms with Crippen LogP contribution in [-0.4, -0.2) is 29.6 Å². The lowest BCUT2D eigenvalue weighted by molar-refractivity contribution is -0.123. The number of rotatable bonds is 7. The fourth-order valence-electron chi connectivity index (χ4n) is 1.72. The number of ether oxygens (including phenoxy) is 1. The summed E-state index contributed by atoms with van der Waals surface area (Å²) in [6.07, 6.45) is 1.69. The number of nitrogens with one attached hydrogen (secondary N) is 1. The maximum absolute atomic E-state index is 11.7. The Kier molecular flexibility index (Phi) is 6.51. The fraction of sp³-hybridized carbons (Fsp3) is 0.429. The SMILES string of the molecule is CCC(CC)NC(=O)COc1c(Br)cccc1C(=O)O. The standard InChI is InChI=1S/C14H18BrNO4/c1-3-9(4-2)16-12(17)8-20-13-10(14(18)19)6-5-7-11(13)15/h5-7,9H,3-4,8H2,1-2H3,(H,16,17)(H,18,19). The number of carboxylic acid groups (broad SMARTS) is 1. The van der Waals surface area contributed by atoms with Crippen molar-refractivity contribution in [2.45, 2.75) is 32.7 Å². The molecular formula is C14H18BrNO4. The molecule has 0 saturated heterocycles. The van der Waals surface area contributed by atoms with E-state index in [1.165, 1.54) is 6.07 Å². The molecule has 0 aliphatic heterocycles. The Bertz CT molecular complexity index is 486. The lowest BCUT2D eigenvalue weighted by Gasteiger charge is -2.16. The number of halogens is 1. The average molecular weight is 344 g/mol. The highest BCUT2D eigenvalue weighted by Gasteiger charge is 2.16. The first-order valence-corrected chi connectivity index (χ1v) is 7.22. The Balaban J connectivity index is 2.70. The first-order chi connectivity index (χ1) is 9.49. The first kappa shape index (κ1) is 16.5. The third-order valence-corrected chi connectivity index (χ3v) is 3.52. The minimum absolute atomic E-state index is 0.0229. The van der Waals surface area contributed by atoms with Crippen LogP contribution in [0.2, 0.25) is 0 Å². The molecule has 1 aromatic rings. The summed E-state index contributed by atoms with van der Waals surface area (Å²) in [6, 6.07) is 4.82. The highest BCUT2D eigenvalue weighted by Crippen LogP contribution is 2.29. The van der Waals surface area contributed by atoms with Gasteiger partial charge in [0, 0.05) is 6.04 Å². The number of carbonyl (C=O) groups excluding carboxylic acids is 1. The van der Waals surface area contributed by atoms with Gasteiger partial charge in [-0.1, -0.05) is 19.9 Å². The van der Waals surface area contributed by atoms with Gasteiger partial charge in [0.2, 0.25) is 0 Å². The molecule has 0 fully saturated rings. The molecule has 1 amide bonds. The van der Waals surface area contributed by atoms with Gasteiger partial charge in [-0.25, -0.2) is 4.79 Å². The summed E-state index contributed by atoms with van der Waals surface area (Å²) >= 11 is 3.22. The quantitative estimate of drug-likeness (QED) is 0.798. The Morgan fingerprint density at radius 1 is 1.35 bits per heavy atom. The predicted octanol–water partition coefficient (Wildman–Crippen LogP) is 2.83. The van der Waals surface area contributed by atoms with E-state index in [2.05, 4.69) is 21.2 Å². The lowest BCUT2D eigenvalue weighted by Crippen LogP contribution is -2.37. The van der Waals surface area contributed by atoms with E-state index in [0.29, 0.717) is 4.47 Å². The zero-order valence-corrected chi connectivity index (χ0v) is 13.1. The second kappa shape index (κ2) is 7.89. The van der Waals surface area contributed by atoms with Crippen LogP contribution < -0.4 is 10.1 Å². The second-order valence-corrected chi connectivity index (χ2v) is 5.15. The number of hydrogen-bond acceptors (Lipinski definition) is 3. The molecule has 0 unspecified atom stereocenters. The number of benzene rings is 1. The molecule has 5 nitrogen and oxygen atoms in total. The van der Waals surface area contributed by atoms with Crippen molar-refractivity contribution in [2.24, 2.45) is 0 Å². The van der Waals surface area contributed by atoms with Crippen LogP contribution in [0.25, 0.3) is 0 Å². The number of hydrogen-bond donors (Lipinski definition) is 2. The molecule has 0 aliphatic carbocycles. The Morgan fingerprint density at radius 2 is 2.00 bits per heavy atom. The summed E-state index contributed by atoms with van der Waals surface area (Å²) in [5.41, 5.74) is 0.0229. The normalized spacial score (nSPS) is 10.4. The Labute approximate surface area is 126 Å². The van der Waals surface area contributed by atoms with E-state index in [4.69, 9.17) is 9.84 Å². The summed E-state index contributed by atoms with van der Waals surface area (Å²) in [6.45, 7) is 3.77. The largest absolute Gasteiger partial charge is 0.482 e. The van der Waals surface area contributed by atoms with E-state index >= 15 is 0 Å². The smallest absolute Gasteiger partial charge is 0.339 e. The van der Waals surface area contributed by atoms with Gasteiger partial charge in [0.25, 0.3) is 5.91 Å². The molecule has 0 saturated carbocycles. The number of carboxylic acids is 1. The molecule has 0 atom stereocenters. The fourth-order valence-corrected chi connectivity index (χ4v) is 2.20. The average Bonchev–Trinajstić information content (AvgIpc) is 2.42. The second-order valence-electron chi connectivity index (χ2n) is 4.29. The molecule has 6 heteroatoms. The van der Waals surface area contributed by atoms with Crippen molar-refractivity contribution in [3.8, 4) is 5.75 Å². The molecule has 20 heavy (non-hydrogen) atoms. The minimum Gasteiger partial charge on any atom is -0.482 e. The highest BCUT2D eigenvalue weighted by atomic mass is 79.9. The third-order valence-electron chi connectivity index (χ3n) is 2.90. The van der Waals surface area contributed by atoms with Gasteiger partial charge in [0.1, 0.15) is 11.3 Å². The molecule has 0 radical (unpaired) electrons. The maximum atomic E-state index is 11.7. The molecule has 110 valence electrons. The van der Waals surface area contributed by atoms with Gasteiger partial charge < -0.3 is 15.2 Å². The van der Waals surface area contributed by atoms with Gasteiger partial charge in [-0.2, -0.15) is 0 Å². The number of para-hydroxylation sites is 1. The van der Waals surface area contributed by atoms with Crippen molar-refractivity contribution in [3.63, 3.8) is 0 Å². The van der Waals surface area contributed by atoms with Gasteiger partial charge in [-0.15, -0.1) is 0 Å². The van der Waals surface area contributed by atoms with E-state index in [-0.39, 0.29) is 29.9 Å². The molecule has 2 N–H and O–H groups in total. The molecule has 1 aromatic carbocycles. The van der Waals surface area contributed by atoms with Crippen molar-refractivity contribution in [1.82, 2.24) is 5.32 Å². The van der Waals surface area contributed by atoms with Gasteiger partial charge in [0.05, 0.1) is 4.47 Å². The lowest BCUT2D eigenvalue weighted by atomic mass is 10.2. The number of aromatic carboxylic acids is 1. The monoisotopic (exact) mass is 343 g/mol. The summed E-state index contributed by atoms with van der Waals surface area (Å²) in [4.78, 5) is 22.8. The van der Waals surface area contributed by atoms with Crippen LogP contribution in [0.5, 0.6) is 5.75 Å². The van der Waals surface area contributed by atoms with Crippen LogP contribution in [0.15, 0.2) is 22.7 Å². The summed E-state index contributed by atoms with van der Waals surface area (Å²) in [7, 11) is 0. The van der Waals surface area contributed by atoms with Crippen molar-refractivity contribution in [2.75, 3.05) is 6.61 Å². The van der Waals surface area contributed by atoms with Crippen LogP contribution in [-0.2, 0) is 4.79 Å². The summed E-state index contributed by atoms with van der Waals surface area (Å²) < 4.78 is 5.85. The van der Waals surface area contributed by atoms with E-state index in [9.17, 15) is 9.59 Å². The Morgan fingerprint density at radius 3 is 2.55 bits per heavy atom. The predicted molar refractivity (Wildman–Crippen MR) is 79.1 cm³/mol. The highest BCUT2D eigenvalue weighted by molar-refractivity contribution is 9.10. The van der Waals surface area contributed by atoms with Crippen molar-refractivity contribution in [1.29, 1.82) is 0 Å². The molecule has 0 heterocycles. The first-order valence-electron chi connectivity index (χ1n) is 6.43. The van der Waals surface area contributed by atoms with E-state index in [1.54, 1.807) is 12.1 Å². The van der Waals surface area contributed by atoms with Crippen LogP contribution in [0, 0.1) is 0 Å². The van der Waals surface area contributed by atoms with Crippen LogP contribution in [0.1, 0.15) is 37.0 Å².